The summed E-state index contributed by atoms with van der Waals surface area (Å²) < 4.78 is 0. The Morgan fingerprint density at radius 2 is 1.94 bits per heavy atom. The molecule has 0 radical (unpaired) electrons. The first-order chi connectivity index (χ1) is 8.43. The summed E-state index contributed by atoms with van der Waals surface area (Å²) in [5.74, 6) is 1.23. The van der Waals surface area contributed by atoms with Gasteiger partial charge in [-0.15, -0.1) is 0 Å². The van der Waals surface area contributed by atoms with E-state index < -0.39 is 0 Å². The molecule has 0 aromatic carbocycles. The zero-order chi connectivity index (χ0) is 13.3. The van der Waals surface area contributed by atoms with Crippen molar-refractivity contribution in [2.75, 3.05) is 6.54 Å². The Morgan fingerprint density at radius 1 is 1.22 bits per heavy atom. The summed E-state index contributed by atoms with van der Waals surface area (Å²) >= 11 is 0. The molecule has 0 aromatic heterocycles. The van der Waals surface area contributed by atoms with Gasteiger partial charge in [-0.3, -0.25) is 9.69 Å². The van der Waals surface area contributed by atoms with Gasteiger partial charge in [0.15, 0.2) is 5.78 Å². The topological polar surface area (TPSA) is 20.3 Å². The number of Topliss-reactive ketones (excluding diaryl/α,β-unsaturated/α-hetero) is 1. The molecule has 3 atom stereocenters. The van der Waals surface area contributed by atoms with Crippen LogP contribution < -0.4 is 0 Å². The fraction of sp³-hybridized carbons (Fsp3) is 0.938. The largest absolute Gasteiger partial charge is 0.297 e. The summed E-state index contributed by atoms with van der Waals surface area (Å²) in [7, 11) is 0. The van der Waals surface area contributed by atoms with Crippen LogP contribution in [0.2, 0.25) is 0 Å². The fourth-order valence-corrected chi connectivity index (χ4v) is 3.71. The molecule has 0 bridgehead atoms. The Hall–Kier alpha value is -0.370. The molecular weight excluding hydrogens is 222 g/mol. The minimum absolute atomic E-state index is 0.192. The van der Waals surface area contributed by atoms with Gasteiger partial charge in [0.25, 0.3) is 0 Å². The van der Waals surface area contributed by atoms with Gasteiger partial charge in [-0.1, -0.05) is 40.5 Å². The van der Waals surface area contributed by atoms with Crippen LogP contribution in [0.1, 0.15) is 66.2 Å². The Morgan fingerprint density at radius 3 is 2.56 bits per heavy atom. The number of nitrogens with zero attached hydrogens (tertiary/aromatic N) is 1. The van der Waals surface area contributed by atoms with Crippen LogP contribution in [0.25, 0.3) is 0 Å². The molecule has 2 aliphatic rings. The summed E-state index contributed by atoms with van der Waals surface area (Å²) in [6, 6.07) is 0.891. The lowest BCUT2D eigenvalue weighted by Gasteiger charge is -2.48. The van der Waals surface area contributed by atoms with E-state index in [1.807, 2.05) is 0 Å². The summed E-state index contributed by atoms with van der Waals surface area (Å²) in [6.07, 6.45) is 7.60. The maximum Gasteiger partial charge on any atom is 0.155 e. The lowest BCUT2D eigenvalue weighted by Crippen LogP contribution is -2.56. The monoisotopic (exact) mass is 251 g/mol. The van der Waals surface area contributed by atoms with E-state index in [0.717, 1.165) is 18.9 Å². The molecule has 2 saturated heterocycles. The standard InChI is InChI=1S/C16H29NO/c1-5-12-10-13-8-6-7-9-17(13)14(11-12)15(18)16(2,3)4/h12-14H,5-11H2,1-4H3. The van der Waals surface area contributed by atoms with Gasteiger partial charge in [-0.25, -0.2) is 0 Å². The van der Waals surface area contributed by atoms with Crippen LogP contribution in [0.5, 0.6) is 0 Å². The summed E-state index contributed by atoms with van der Waals surface area (Å²) in [5.41, 5.74) is -0.192. The van der Waals surface area contributed by atoms with Crippen LogP contribution in [0.4, 0.5) is 0 Å². The molecule has 2 rings (SSSR count). The number of hydrogen-bond acceptors (Lipinski definition) is 2. The molecule has 18 heavy (non-hydrogen) atoms. The van der Waals surface area contributed by atoms with E-state index in [2.05, 4.69) is 32.6 Å². The smallest absolute Gasteiger partial charge is 0.155 e. The van der Waals surface area contributed by atoms with Gasteiger partial charge in [-0.2, -0.15) is 0 Å². The third-order valence-electron chi connectivity index (χ3n) is 4.85. The molecule has 104 valence electrons. The van der Waals surface area contributed by atoms with Crippen LogP contribution in [0, 0.1) is 11.3 Å². The summed E-state index contributed by atoms with van der Waals surface area (Å²) in [4.78, 5) is 15.2. The second-order valence-corrected chi connectivity index (χ2v) is 7.26. The van der Waals surface area contributed by atoms with Crippen LogP contribution in [0.15, 0.2) is 0 Å². The Labute approximate surface area is 112 Å². The molecule has 3 unspecified atom stereocenters. The first-order valence-electron chi connectivity index (χ1n) is 7.73. The van der Waals surface area contributed by atoms with Gasteiger partial charge >= 0.3 is 0 Å². The minimum Gasteiger partial charge on any atom is -0.297 e. The van der Waals surface area contributed by atoms with Crippen molar-refractivity contribution in [3.63, 3.8) is 0 Å². The number of hydrogen-bond donors (Lipinski definition) is 0. The molecule has 0 N–H and O–H groups in total. The Balaban J connectivity index is 2.17. The Bertz CT molecular complexity index is 305. The maximum absolute atomic E-state index is 12.7. The molecular formula is C16H29NO. The van der Waals surface area contributed by atoms with E-state index in [0.29, 0.717) is 11.8 Å². The van der Waals surface area contributed by atoms with Crippen molar-refractivity contribution >= 4 is 5.78 Å². The molecule has 0 aliphatic carbocycles. The molecule has 2 heterocycles. The highest BCUT2D eigenvalue weighted by Crippen LogP contribution is 2.37. The number of ketones is 1. The van der Waals surface area contributed by atoms with E-state index in [4.69, 9.17) is 0 Å². The minimum atomic E-state index is -0.192. The number of piperidine rings is 2. The zero-order valence-electron chi connectivity index (χ0n) is 12.5. The van der Waals surface area contributed by atoms with Crippen molar-refractivity contribution in [3.05, 3.63) is 0 Å². The lowest BCUT2D eigenvalue weighted by atomic mass is 9.75. The SMILES string of the molecule is CCC1CC2CCCCN2C(C(=O)C(C)(C)C)C1. The van der Waals surface area contributed by atoms with E-state index in [1.54, 1.807) is 0 Å². The molecule has 2 nitrogen and oxygen atoms in total. The third kappa shape index (κ3) is 2.79. The van der Waals surface area contributed by atoms with Crippen molar-refractivity contribution in [2.45, 2.75) is 78.3 Å². The highest BCUT2D eigenvalue weighted by atomic mass is 16.1. The van der Waals surface area contributed by atoms with Crippen molar-refractivity contribution in [3.8, 4) is 0 Å². The van der Waals surface area contributed by atoms with Crippen molar-refractivity contribution in [1.82, 2.24) is 4.90 Å². The normalized spacial score (nSPS) is 34.1. The molecule has 0 saturated carbocycles. The maximum atomic E-state index is 12.7. The first-order valence-corrected chi connectivity index (χ1v) is 7.73. The first kappa shape index (κ1) is 14.0. The van der Waals surface area contributed by atoms with Gasteiger partial charge in [0.05, 0.1) is 6.04 Å². The second kappa shape index (κ2) is 5.32. The number of rotatable bonds is 2. The van der Waals surface area contributed by atoms with Crippen molar-refractivity contribution in [1.29, 1.82) is 0 Å². The molecule has 0 aromatic rings. The molecule has 0 spiro atoms. The van der Waals surface area contributed by atoms with Gasteiger partial charge in [-0.05, 0) is 38.1 Å². The molecule has 0 amide bonds. The van der Waals surface area contributed by atoms with E-state index >= 15 is 0 Å². The second-order valence-electron chi connectivity index (χ2n) is 7.26. The van der Waals surface area contributed by atoms with Crippen LogP contribution >= 0.6 is 0 Å². The highest BCUT2D eigenvalue weighted by Gasteiger charge is 2.42. The predicted octanol–water partition coefficient (Wildman–Crippen LogP) is 3.64. The van der Waals surface area contributed by atoms with E-state index in [9.17, 15) is 4.79 Å². The quantitative estimate of drug-likeness (QED) is 0.746. The van der Waals surface area contributed by atoms with Crippen LogP contribution in [0.3, 0.4) is 0 Å². The van der Waals surface area contributed by atoms with E-state index in [1.165, 1.54) is 32.1 Å². The Kier molecular flexibility index (Phi) is 4.15. The van der Waals surface area contributed by atoms with E-state index in [-0.39, 0.29) is 11.5 Å². The number of carbonyl (C=O) groups excluding carboxylic acids is 1. The van der Waals surface area contributed by atoms with Crippen molar-refractivity contribution in [2.24, 2.45) is 11.3 Å². The predicted molar refractivity (Wildman–Crippen MR) is 75.6 cm³/mol. The number of fused-ring (bicyclic) bond motifs is 1. The molecule has 2 heteroatoms. The molecule has 2 fully saturated rings. The van der Waals surface area contributed by atoms with Gasteiger partial charge in [0.2, 0.25) is 0 Å². The van der Waals surface area contributed by atoms with Crippen LogP contribution in [-0.4, -0.2) is 29.3 Å². The van der Waals surface area contributed by atoms with Crippen LogP contribution in [-0.2, 0) is 4.79 Å². The zero-order valence-corrected chi connectivity index (χ0v) is 12.5. The lowest BCUT2D eigenvalue weighted by molar-refractivity contribution is -0.136. The van der Waals surface area contributed by atoms with Gasteiger partial charge in [0.1, 0.15) is 0 Å². The van der Waals surface area contributed by atoms with Gasteiger partial charge < -0.3 is 0 Å². The summed E-state index contributed by atoms with van der Waals surface area (Å²) in [6.45, 7) is 9.65. The highest BCUT2D eigenvalue weighted by molar-refractivity contribution is 5.88. The average Bonchev–Trinajstić information content (AvgIpc) is 2.35. The number of carbonyl (C=O) groups is 1. The average molecular weight is 251 g/mol. The van der Waals surface area contributed by atoms with Crippen molar-refractivity contribution < 1.29 is 4.79 Å². The third-order valence-corrected chi connectivity index (χ3v) is 4.85. The van der Waals surface area contributed by atoms with Gasteiger partial charge in [0, 0.05) is 11.5 Å². The summed E-state index contributed by atoms with van der Waals surface area (Å²) in [5, 5.41) is 0. The fourth-order valence-electron chi connectivity index (χ4n) is 3.71. The molecule has 2 aliphatic heterocycles.